The zero-order valence-corrected chi connectivity index (χ0v) is 10.5. The van der Waals surface area contributed by atoms with Crippen molar-refractivity contribution in [2.75, 3.05) is 0 Å². The first-order valence-electron chi connectivity index (χ1n) is 4.67. The number of aromatic hydroxyl groups is 1. The molecule has 3 N–H and O–H groups in total. The molecule has 84 valence electrons. The van der Waals surface area contributed by atoms with Gasteiger partial charge in [-0.2, -0.15) is 0 Å². The summed E-state index contributed by atoms with van der Waals surface area (Å²) in [5.41, 5.74) is 6.72. The number of benzene rings is 1. The summed E-state index contributed by atoms with van der Waals surface area (Å²) in [5, 5.41) is 9.85. The van der Waals surface area contributed by atoms with Gasteiger partial charge in [0.05, 0.1) is 5.02 Å². The van der Waals surface area contributed by atoms with Crippen molar-refractivity contribution in [3.05, 3.63) is 27.7 Å². The Hall–Kier alpha value is -0.440. The minimum Gasteiger partial charge on any atom is -0.506 e. The first-order valence-corrected chi connectivity index (χ1v) is 5.43. The van der Waals surface area contributed by atoms with E-state index >= 15 is 0 Å². The number of rotatable bonds is 1. The molecule has 0 heterocycles. The van der Waals surface area contributed by atoms with Gasteiger partial charge in [-0.1, -0.05) is 50.0 Å². The second kappa shape index (κ2) is 4.20. The molecule has 0 radical (unpaired) electrons. The molecule has 1 atom stereocenters. The molecule has 1 aromatic rings. The van der Waals surface area contributed by atoms with Crippen molar-refractivity contribution >= 4 is 23.2 Å². The van der Waals surface area contributed by atoms with Crippen LogP contribution >= 0.6 is 23.2 Å². The van der Waals surface area contributed by atoms with Crippen LogP contribution in [0.25, 0.3) is 0 Å². The van der Waals surface area contributed by atoms with Gasteiger partial charge < -0.3 is 10.8 Å². The van der Waals surface area contributed by atoms with Crippen molar-refractivity contribution in [2.24, 2.45) is 11.1 Å². The molecular weight excluding hydrogens is 233 g/mol. The average molecular weight is 248 g/mol. The molecule has 1 unspecified atom stereocenters. The third kappa shape index (κ3) is 2.57. The minimum absolute atomic E-state index is 0.0217. The second-order valence-electron chi connectivity index (χ2n) is 4.65. The summed E-state index contributed by atoms with van der Waals surface area (Å²) in [6.45, 7) is 6.07. The zero-order chi connectivity index (χ0) is 11.8. The zero-order valence-electron chi connectivity index (χ0n) is 9.01. The van der Waals surface area contributed by atoms with Gasteiger partial charge in [-0.25, -0.2) is 0 Å². The van der Waals surface area contributed by atoms with Crippen molar-refractivity contribution < 1.29 is 5.11 Å². The van der Waals surface area contributed by atoms with Crippen LogP contribution in [-0.4, -0.2) is 5.11 Å². The van der Waals surface area contributed by atoms with Gasteiger partial charge in [0.1, 0.15) is 10.8 Å². The Kier molecular flexibility index (Phi) is 3.54. The van der Waals surface area contributed by atoms with Gasteiger partial charge in [-0.3, -0.25) is 0 Å². The fourth-order valence-corrected chi connectivity index (χ4v) is 1.71. The number of hydrogen-bond donors (Lipinski definition) is 2. The van der Waals surface area contributed by atoms with Crippen molar-refractivity contribution in [2.45, 2.75) is 26.8 Å². The quantitative estimate of drug-likeness (QED) is 0.795. The molecule has 0 aromatic heterocycles. The third-order valence-corrected chi connectivity index (χ3v) is 3.25. The lowest BCUT2D eigenvalue weighted by Gasteiger charge is -2.28. The van der Waals surface area contributed by atoms with Gasteiger partial charge in [-0.05, 0) is 17.0 Å². The number of phenolic OH excluding ortho intramolecular Hbond substituents is 1. The number of nitrogens with two attached hydrogens (primary N) is 1. The Balaban J connectivity index is 3.23. The molecule has 0 bridgehead atoms. The third-order valence-electron chi connectivity index (χ3n) is 2.36. The largest absolute Gasteiger partial charge is 0.506 e. The molecule has 1 aromatic carbocycles. The molecule has 1 rings (SSSR count). The van der Waals surface area contributed by atoms with Gasteiger partial charge in [0.2, 0.25) is 0 Å². The topological polar surface area (TPSA) is 46.2 Å². The molecule has 0 spiro atoms. The van der Waals surface area contributed by atoms with Crippen LogP contribution in [0.1, 0.15) is 32.4 Å². The highest BCUT2D eigenvalue weighted by Gasteiger charge is 2.25. The van der Waals surface area contributed by atoms with Crippen LogP contribution in [-0.2, 0) is 0 Å². The molecule has 4 heteroatoms. The summed E-state index contributed by atoms with van der Waals surface area (Å²) in [4.78, 5) is 0. The van der Waals surface area contributed by atoms with Crippen LogP contribution < -0.4 is 5.73 Å². The molecule has 0 aliphatic heterocycles. The van der Waals surface area contributed by atoms with Crippen LogP contribution in [0.3, 0.4) is 0 Å². The van der Waals surface area contributed by atoms with E-state index in [-0.39, 0.29) is 22.2 Å². The van der Waals surface area contributed by atoms with Crippen molar-refractivity contribution in [3.63, 3.8) is 0 Å². The highest BCUT2D eigenvalue weighted by Crippen LogP contribution is 2.40. The summed E-state index contributed by atoms with van der Waals surface area (Å²) in [6, 6.07) is 3.00. The number of phenols is 1. The van der Waals surface area contributed by atoms with Crippen LogP contribution in [0.15, 0.2) is 12.1 Å². The maximum Gasteiger partial charge on any atom is 0.135 e. The maximum absolute atomic E-state index is 9.35. The van der Waals surface area contributed by atoms with E-state index in [0.29, 0.717) is 5.02 Å². The number of halogens is 2. The van der Waals surface area contributed by atoms with Crippen molar-refractivity contribution in [1.29, 1.82) is 0 Å². The lowest BCUT2D eigenvalue weighted by atomic mass is 9.83. The minimum atomic E-state index is -0.219. The Bertz CT molecular complexity index is 372. The predicted octanol–water partition coefficient (Wildman–Crippen LogP) is 3.74. The van der Waals surface area contributed by atoms with Crippen LogP contribution in [0, 0.1) is 5.41 Å². The molecule has 0 aliphatic carbocycles. The molecule has 0 aliphatic rings. The van der Waals surface area contributed by atoms with E-state index in [0.717, 1.165) is 5.56 Å². The maximum atomic E-state index is 9.35. The molecule has 15 heavy (non-hydrogen) atoms. The van der Waals surface area contributed by atoms with Crippen LogP contribution in [0.2, 0.25) is 10.0 Å². The van der Waals surface area contributed by atoms with E-state index in [1.54, 1.807) is 6.07 Å². The lowest BCUT2D eigenvalue weighted by Crippen LogP contribution is -2.26. The first kappa shape index (κ1) is 12.6. The normalized spacial score (nSPS) is 14.0. The summed E-state index contributed by atoms with van der Waals surface area (Å²) < 4.78 is 0. The summed E-state index contributed by atoms with van der Waals surface area (Å²) in [5.74, 6) is -0.0217. The van der Waals surface area contributed by atoms with Gasteiger partial charge in [0, 0.05) is 6.04 Å². The fourth-order valence-electron chi connectivity index (χ4n) is 1.26. The van der Waals surface area contributed by atoms with E-state index in [9.17, 15) is 5.11 Å². The summed E-state index contributed by atoms with van der Waals surface area (Å²) in [6.07, 6.45) is 0. The number of hydrogen-bond acceptors (Lipinski definition) is 2. The SMILES string of the molecule is CC(C)(C)C(N)c1ccc(O)c(Cl)c1Cl. The Labute approximate surface area is 100.0 Å². The van der Waals surface area contributed by atoms with E-state index in [2.05, 4.69) is 0 Å². The second-order valence-corrected chi connectivity index (χ2v) is 5.40. The molecule has 0 amide bonds. The van der Waals surface area contributed by atoms with E-state index in [1.807, 2.05) is 20.8 Å². The molecular formula is C11H15Cl2NO. The van der Waals surface area contributed by atoms with E-state index < -0.39 is 0 Å². The van der Waals surface area contributed by atoms with Gasteiger partial charge >= 0.3 is 0 Å². The Morgan fingerprint density at radius 3 is 2.20 bits per heavy atom. The molecule has 0 saturated heterocycles. The predicted molar refractivity (Wildman–Crippen MR) is 64.5 cm³/mol. The smallest absolute Gasteiger partial charge is 0.135 e. The Morgan fingerprint density at radius 2 is 1.73 bits per heavy atom. The monoisotopic (exact) mass is 247 g/mol. The van der Waals surface area contributed by atoms with Gasteiger partial charge in [0.15, 0.2) is 0 Å². The van der Waals surface area contributed by atoms with Gasteiger partial charge in [-0.15, -0.1) is 0 Å². The summed E-state index contributed by atoms with van der Waals surface area (Å²) >= 11 is 11.9. The highest BCUT2D eigenvalue weighted by molar-refractivity contribution is 6.43. The average Bonchev–Trinajstić information content (AvgIpc) is 2.12. The highest BCUT2D eigenvalue weighted by atomic mass is 35.5. The standard InChI is InChI=1S/C11H15Cl2NO/c1-11(2,3)10(14)6-4-5-7(15)9(13)8(6)12/h4-5,10,15H,14H2,1-3H3. The fraction of sp³-hybridized carbons (Fsp3) is 0.455. The first-order chi connectivity index (χ1) is 6.75. The van der Waals surface area contributed by atoms with Gasteiger partial charge in [0.25, 0.3) is 0 Å². The van der Waals surface area contributed by atoms with E-state index in [1.165, 1.54) is 6.07 Å². The van der Waals surface area contributed by atoms with Crippen molar-refractivity contribution in [1.82, 2.24) is 0 Å². The molecule has 2 nitrogen and oxygen atoms in total. The molecule has 0 saturated carbocycles. The summed E-state index contributed by atoms with van der Waals surface area (Å²) in [7, 11) is 0. The lowest BCUT2D eigenvalue weighted by molar-refractivity contribution is 0.327. The molecule has 0 fully saturated rings. The van der Waals surface area contributed by atoms with Crippen LogP contribution in [0.5, 0.6) is 5.75 Å². The van der Waals surface area contributed by atoms with Crippen LogP contribution in [0.4, 0.5) is 0 Å². The van der Waals surface area contributed by atoms with E-state index in [4.69, 9.17) is 28.9 Å². The van der Waals surface area contributed by atoms with Crippen molar-refractivity contribution in [3.8, 4) is 5.75 Å². The Morgan fingerprint density at radius 1 is 1.20 bits per heavy atom.